The van der Waals surface area contributed by atoms with E-state index in [0.717, 1.165) is 0 Å². The standard InChI is InChI=1S/C18H30N2/c1-13(2)12-20(14(3)4)17-11-10-15-8-6-7-9-16(15)18(17)19-5/h6-9,13-14,17-19H,10-12H2,1-5H3. The van der Waals surface area contributed by atoms with Gasteiger partial charge in [0.2, 0.25) is 0 Å². The van der Waals surface area contributed by atoms with Crippen LogP contribution in [-0.4, -0.2) is 30.6 Å². The predicted molar refractivity (Wildman–Crippen MR) is 87.0 cm³/mol. The maximum absolute atomic E-state index is 3.58. The van der Waals surface area contributed by atoms with E-state index < -0.39 is 0 Å². The van der Waals surface area contributed by atoms with Gasteiger partial charge in [-0.15, -0.1) is 0 Å². The maximum atomic E-state index is 3.58. The molecule has 0 radical (unpaired) electrons. The second-order valence-corrected chi connectivity index (χ2v) is 6.76. The Labute approximate surface area is 124 Å². The summed E-state index contributed by atoms with van der Waals surface area (Å²) in [4.78, 5) is 2.70. The zero-order valence-corrected chi connectivity index (χ0v) is 13.7. The summed E-state index contributed by atoms with van der Waals surface area (Å²) in [5.41, 5.74) is 3.03. The molecule has 2 nitrogen and oxygen atoms in total. The van der Waals surface area contributed by atoms with Crippen molar-refractivity contribution >= 4 is 0 Å². The van der Waals surface area contributed by atoms with Crippen molar-refractivity contribution in [1.82, 2.24) is 10.2 Å². The Balaban J connectivity index is 2.27. The van der Waals surface area contributed by atoms with Gasteiger partial charge in [0.15, 0.2) is 0 Å². The number of likely N-dealkylation sites (N-methyl/N-ethyl adjacent to an activating group) is 1. The lowest BCUT2D eigenvalue weighted by molar-refractivity contribution is 0.0953. The molecule has 0 aromatic heterocycles. The van der Waals surface area contributed by atoms with Crippen molar-refractivity contribution in [2.24, 2.45) is 5.92 Å². The van der Waals surface area contributed by atoms with Crippen LogP contribution in [0.2, 0.25) is 0 Å². The quantitative estimate of drug-likeness (QED) is 0.882. The number of benzene rings is 1. The largest absolute Gasteiger partial charge is 0.312 e. The predicted octanol–water partition coefficient (Wildman–Crippen LogP) is 3.63. The SMILES string of the molecule is CNC1c2ccccc2CCC1N(CC(C)C)C(C)C. The smallest absolute Gasteiger partial charge is 0.0478 e. The van der Waals surface area contributed by atoms with Crippen molar-refractivity contribution in [2.75, 3.05) is 13.6 Å². The average Bonchev–Trinajstić information content (AvgIpc) is 2.43. The summed E-state index contributed by atoms with van der Waals surface area (Å²) in [5, 5.41) is 3.58. The van der Waals surface area contributed by atoms with Crippen LogP contribution in [0.15, 0.2) is 24.3 Å². The minimum atomic E-state index is 0.459. The highest BCUT2D eigenvalue weighted by molar-refractivity contribution is 5.34. The lowest BCUT2D eigenvalue weighted by atomic mass is 9.82. The first kappa shape index (κ1) is 15.5. The van der Waals surface area contributed by atoms with Crippen molar-refractivity contribution in [3.63, 3.8) is 0 Å². The summed E-state index contributed by atoms with van der Waals surface area (Å²) in [6, 6.07) is 10.6. The highest BCUT2D eigenvalue weighted by Gasteiger charge is 2.33. The number of hydrogen-bond acceptors (Lipinski definition) is 2. The fraction of sp³-hybridized carbons (Fsp3) is 0.667. The second kappa shape index (κ2) is 6.73. The van der Waals surface area contributed by atoms with Crippen LogP contribution in [0, 0.1) is 5.92 Å². The van der Waals surface area contributed by atoms with Crippen LogP contribution in [0.25, 0.3) is 0 Å². The molecule has 0 aliphatic heterocycles. The van der Waals surface area contributed by atoms with Crippen molar-refractivity contribution < 1.29 is 0 Å². The van der Waals surface area contributed by atoms with Gasteiger partial charge in [-0.25, -0.2) is 0 Å². The van der Waals surface area contributed by atoms with Gasteiger partial charge < -0.3 is 5.32 Å². The van der Waals surface area contributed by atoms with Crippen molar-refractivity contribution in [3.8, 4) is 0 Å². The lowest BCUT2D eigenvalue weighted by Crippen LogP contribution is -2.50. The highest BCUT2D eigenvalue weighted by atomic mass is 15.2. The van der Waals surface area contributed by atoms with E-state index in [4.69, 9.17) is 0 Å². The zero-order valence-electron chi connectivity index (χ0n) is 13.7. The van der Waals surface area contributed by atoms with Crippen LogP contribution in [-0.2, 0) is 6.42 Å². The molecule has 2 rings (SSSR count). The van der Waals surface area contributed by atoms with E-state index in [9.17, 15) is 0 Å². The Morgan fingerprint density at radius 3 is 2.50 bits per heavy atom. The second-order valence-electron chi connectivity index (χ2n) is 6.76. The minimum absolute atomic E-state index is 0.459. The zero-order chi connectivity index (χ0) is 14.7. The average molecular weight is 274 g/mol. The van der Waals surface area contributed by atoms with Gasteiger partial charge in [-0.05, 0) is 50.8 Å². The highest BCUT2D eigenvalue weighted by Crippen LogP contribution is 2.33. The van der Waals surface area contributed by atoms with Gasteiger partial charge in [-0.3, -0.25) is 4.90 Å². The number of rotatable bonds is 5. The molecule has 1 aliphatic carbocycles. The first-order valence-electron chi connectivity index (χ1n) is 8.05. The van der Waals surface area contributed by atoms with Gasteiger partial charge in [0.25, 0.3) is 0 Å². The van der Waals surface area contributed by atoms with Crippen LogP contribution < -0.4 is 5.32 Å². The van der Waals surface area contributed by atoms with E-state index in [1.54, 1.807) is 0 Å². The number of aryl methyl sites for hydroxylation is 1. The third kappa shape index (κ3) is 3.24. The van der Waals surface area contributed by atoms with Crippen LogP contribution in [0.4, 0.5) is 0 Å². The molecule has 0 saturated carbocycles. The number of nitrogens with zero attached hydrogens (tertiary/aromatic N) is 1. The Bertz CT molecular complexity index is 425. The van der Waals surface area contributed by atoms with Crippen molar-refractivity contribution in [3.05, 3.63) is 35.4 Å². The Hall–Kier alpha value is -0.860. The van der Waals surface area contributed by atoms with Gasteiger partial charge in [0.1, 0.15) is 0 Å². The molecule has 0 amide bonds. The molecular weight excluding hydrogens is 244 g/mol. The normalized spacial score (nSPS) is 22.6. The molecule has 1 aromatic rings. The molecule has 0 fully saturated rings. The molecule has 0 bridgehead atoms. The molecule has 1 aromatic carbocycles. The lowest BCUT2D eigenvalue weighted by Gasteiger charge is -2.43. The summed E-state index contributed by atoms with van der Waals surface area (Å²) < 4.78 is 0. The van der Waals surface area contributed by atoms with Gasteiger partial charge in [-0.2, -0.15) is 0 Å². The molecule has 20 heavy (non-hydrogen) atoms. The van der Waals surface area contributed by atoms with Crippen LogP contribution in [0.1, 0.15) is 51.3 Å². The van der Waals surface area contributed by atoms with Gasteiger partial charge in [0.05, 0.1) is 0 Å². The van der Waals surface area contributed by atoms with Gasteiger partial charge in [-0.1, -0.05) is 38.1 Å². The van der Waals surface area contributed by atoms with Gasteiger partial charge in [0, 0.05) is 24.7 Å². The van der Waals surface area contributed by atoms with E-state index in [1.807, 2.05) is 0 Å². The van der Waals surface area contributed by atoms with E-state index in [1.165, 1.54) is 30.5 Å². The Morgan fingerprint density at radius 1 is 1.20 bits per heavy atom. The van der Waals surface area contributed by atoms with E-state index in [2.05, 4.69) is 69.2 Å². The van der Waals surface area contributed by atoms with Crippen LogP contribution in [0.5, 0.6) is 0 Å². The fourth-order valence-electron chi connectivity index (χ4n) is 3.60. The number of fused-ring (bicyclic) bond motifs is 1. The number of nitrogens with one attached hydrogen (secondary N) is 1. The Kier molecular flexibility index (Phi) is 5.22. The van der Waals surface area contributed by atoms with E-state index in [-0.39, 0.29) is 0 Å². The third-order valence-corrected chi connectivity index (χ3v) is 4.46. The molecule has 0 heterocycles. The molecule has 0 spiro atoms. The summed E-state index contributed by atoms with van der Waals surface area (Å²) >= 11 is 0. The molecule has 1 N–H and O–H groups in total. The first-order valence-corrected chi connectivity index (χ1v) is 8.05. The minimum Gasteiger partial charge on any atom is -0.312 e. The summed E-state index contributed by atoms with van der Waals surface area (Å²) in [6.07, 6.45) is 2.47. The summed E-state index contributed by atoms with van der Waals surface area (Å²) in [7, 11) is 2.10. The summed E-state index contributed by atoms with van der Waals surface area (Å²) in [6.45, 7) is 10.5. The molecule has 2 atom stereocenters. The van der Waals surface area contributed by atoms with E-state index in [0.29, 0.717) is 24.0 Å². The molecule has 1 aliphatic rings. The maximum Gasteiger partial charge on any atom is 0.0478 e. The van der Waals surface area contributed by atoms with Crippen LogP contribution in [0.3, 0.4) is 0 Å². The monoisotopic (exact) mass is 274 g/mol. The first-order chi connectivity index (χ1) is 9.54. The summed E-state index contributed by atoms with van der Waals surface area (Å²) in [5.74, 6) is 0.715. The van der Waals surface area contributed by atoms with E-state index >= 15 is 0 Å². The van der Waals surface area contributed by atoms with Gasteiger partial charge >= 0.3 is 0 Å². The topological polar surface area (TPSA) is 15.3 Å². The van der Waals surface area contributed by atoms with Crippen molar-refractivity contribution in [2.45, 2.75) is 58.7 Å². The van der Waals surface area contributed by atoms with Crippen molar-refractivity contribution in [1.29, 1.82) is 0 Å². The molecule has 2 heteroatoms. The number of hydrogen-bond donors (Lipinski definition) is 1. The molecule has 112 valence electrons. The van der Waals surface area contributed by atoms with Crippen LogP contribution >= 0.6 is 0 Å². The molecule has 0 saturated heterocycles. The Morgan fingerprint density at radius 2 is 1.90 bits per heavy atom. The molecule has 2 unspecified atom stereocenters. The fourth-order valence-corrected chi connectivity index (χ4v) is 3.60. The molecular formula is C18H30N2. The third-order valence-electron chi connectivity index (χ3n) is 4.46.